The second-order valence-electron chi connectivity index (χ2n) is 6.26. The summed E-state index contributed by atoms with van der Waals surface area (Å²) in [6.07, 6.45) is 3.32. The summed E-state index contributed by atoms with van der Waals surface area (Å²) in [7, 11) is 0. The van der Waals surface area contributed by atoms with E-state index in [0.717, 1.165) is 45.8 Å². The van der Waals surface area contributed by atoms with Crippen LogP contribution in [0, 0.1) is 6.92 Å². The molecule has 2 aliphatic rings. The molecule has 0 spiro atoms. The van der Waals surface area contributed by atoms with Crippen molar-refractivity contribution in [3.63, 3.8) is 0 Å². The number of aromatic nitrogens is 5. The predicted molar refractivity (Wildman–Crippen MR) is 87.2 cm³/mol. The molecule has 1 aromatic carbocycles. The molecule has 3 aromatic rings. The van der Waals surface area contributed by atoms with Crippen molar-refractivity contribution in [1.29, 1.82) is 0 Å². The average molecular weight is 372 g/mol. The summed E-state index contributed by atoms with van der Waals surface area (Å²) in [4.78, 5) is 9.11. The van der Waals surface area contributed by atoms with E-state index < -0.39 is 5.60 Å². The number of nitrogens with zero attached hydrogens (tertiary/aromatic N) is 5. The molecule has 23 heavy (non-hydrogen) atoms. The molecule has 2 aromatic heterocycles. The number of fused-ring (bicyclic) bond motifs is 5. The molecule has 116 valence electrons. The Morgan fingerprint density at radius 1 is 1.30 bits per heavy atom. The van der Waals surface area contributed by atoms with Crippen molar-refractivity contribution in [3.8, 4) is 17.1 Å². The van der Waals surface area contributed by atoms with E-state index in [2.05, 4.69) is 41.6 Å². The van der Waals surface area contributed by atoms with Gasteiger partial charge >= 0.3 is 0 Å². The summed E-state index contributed by atoms with van der Waals surface area (Å²) in [5.41, 5.74) is 3.25. The van der Waals surface area contributed by atoms with Gasteiger partial charge in [-0.05, 0) is 38.0 Å². The molecule has 7 heteroatoms. The smallest absolute Gasteiger partial charge is 0.182 e. The lowest BCUT2D eigenvalue weighted by molar-refractivity contribution is 0.141. The van der Waals surface area contributed by atoms with Gasteiger partial charge in [-0.1, -0.05) is 15.9 Å². The number of hydrogen-bond acceptors (Lipinski definition) is 4. The van der Waals surface area contributed by atoms with Crippen LogP contribution in [0.15, 0.2) is 29.0 Å². The van der Waals surface area contributed by atoms with Crippen molar-refractivity contribution in [2.45, 2.75) is 31.9 Å². The molecule has 0 unspecified atom stereocenters. The molecule has 1 aliphatic carbocycles. The molecule has 5 rings (SSSR count). The van der Waals surface area contributed by atoms with E-state index >= 15 is 0 Å². The molecule has 1 saturated carbocycles. The van der Waals surface area contributed by atoms with Gasteiger partial charge in [0.05, 0.1) is 29.9 Å². The topological polar surface area (TPSA) is 68.8 Å². The first-order valence-corrected chi connectivity index (χ1v) is 8.35. The number of aliphatic hydroxyl groups is 1. The van der Waals surface area contributed by atoms with Gasteiger partial charge in [0.1, 0.15) is 5.60 Å². The standard InChI is InChI=1S/C16H14BrN5O/c1-9-13-7-22-14(19-15(20-22)16(23)4-5-16)11-6-10(17)2-3-12(11)21(13)8-18-9/h2-3,6,8,23H,4-5,7H2,1H3. The zero-order chi connectivity index (χ0) is 15.8. The molecule has 0 saturated heterocycles. The quantitative estimate of drug-likeness (QED) is 0.558. The first-order valence-electron chi connectivity index (χ1n) is 7.56. The van der Waals surface area contributed by atoms with Gasteiger partial charge in [-0.25, -0.2) is 14.6 Å². The minimum atomic E-state index is -0.833. The highest BCUT2D eigenvalue weighted by atomic mass is 79.9. The van der Waals surface area contributed by atoms with Gasteiger partial charge in [-0.2, -0.15) is 5.10 Å². The zero-order valence-corrected chi connectivity index (χ0v) is 14.1. The van der Waals surface area contributed by atoms with E-state index in [1.807, 2.05) is 30.1 Å². The first kappa shape index (κ1) is 13.4. The highest BCUT2D eigenvalue weighted by Crippen LogP contribution is 2.45. The number of rotatable bonds is 1. The molecule has 0 radical (unpaired) electrons. The molecule has 1 fully saturated rings. The molecule has 1 aliphatic heterocycles. The number of hydrogen-bond donors (Lipinski definition) is 1. The minimum absolute atomic E-state index is 0.532. The Balaban J connectivity index is 1.82. The number of benzene rings is 1. The summed E-state index contributed by atoms with van der Waals surface area (Å²) < 4.78 is 4.96. The van der Waals surface area contributed by atoms with Crippen LogP contribution in [-0.4, -0.2) is 29.4 Å². The van der Waals surface area contributed by atoms with Crippen LogP contribution in [0.1, 0.15) is 30.1 Å². The fourth-order valence-corrected chi connectivity index (χ4v) is 3.45. The third-order valence-electron chi connectivity index (χ3n) is 4.65. The Hall–Kier alpha value is -1.99. The third kappa shape index (κ3) is 1.86. The van der Waals surface area contributed by atoms with Gasteiger partial charge in [0, 0.05) is 10.0 Å². The zero-order valence-electron chi connectivity index (χ0n) is 12.5. The Bertz CT molecular complexity index is 954. The van der Waals surface area contributed by atoms with Crippen LogP contribution in [0.5, 0.6) is 0 Å². The van der Waals surface area contributed by atoms with Crippen LogP contribution in [-0.2, 0) is 12.1 Å². The van der Waals surface area contributed by atoms with Crippen molar-refractivity contribution in [3.05, 3.63) is 46.2 Å². The second kappa shape index (κ2) is 4.30. The van der Waals surface area contributed by atoms with E-state index in [-0.39, 0.29) is 0 Å². The van der Waals surface area contributed by atoms with Gasteiger partial charge in [0.25, 0.3) is 0 Å². The van der Waals surface area contributed by atoms with Crippen LogP contribution >= 0.6 is 15.9 Å². The molecule has 3 heterocycles. The van der Waals surface area contributed by atoms with Gasteiger partial charge in [-0.3, -0.25) is 0 Å². The summed E-state index contributed by atoms with van der Waals surface area (Å²) >= 11 is 3.54. The highest BCUT2D eigenvalue weighted by molar-refractivity contribution is 9.10. The highest BCUT2D eigenvalue weighted by Gasteiger charge is 2.46. The number of imidazole rings is 1. The average Bonchev–Trinajstić information content (AvgIpc) is 3.02. The largest absolute Gasteiger partial charge is 0.382 e. The van der Waals surface area contributed by atoms with Crippen molar-refractivity contribution >= 4 is 15.9 Å². The summed E-state index contributed by atoms with van der Waals surface area (Å²) in [6.45, 7) is 2.60. The maximum Gasteiger partial charge on any atom is 0.182 e. The fraction of sp³-hybridized carbons (Fsp3) is 0.312. The maximum absolute atomic E-state index is 10.4. The van der Waals surface area contributed by atoms with Crippen LogP contribution in [0.3, 0.4) is 0 Å². The monoisotopic (exact) mass is 371 g/mol. The van der Waals surface area contributed by atoms with Gasteiger partial charge in [-0.15, -0.1) is 0 Å². The van der Waals surface area contributed by atoms with E-state index in [0.29, 0.717) is 12.4 Å². The van der Waals surface area contributed by atoms with Crippen molar-refractivity contribution < 1.29 is 5.11 Å². The first-order chi connectivity index (χ1) is 11.0. The van der Waals surface area contributed by atoms with Crippen molar-refractivity contribution in [2.24, 2.45) is 0 Å². The maximum atomic E-state index is 10.4. The van der Waals surface area contributed by atoms with E-state index in [4.69, 9.17) is 0 Å². The van der Waals surface area contributed by atoms with Crippen LogP contribution in [0.2, 0.25) is 0 Å². The summed E-state index contributed by atoms with van der Waals surface area (Å²) in [5.74, 6) is 1.32. The Morgan fingerprint density at radius 2 is 2.13 bits per heavy atom. The van der Waals surface area contributed by atoms with E-state index in [1.165, 1.54) is 0 Å². The fourth-order valence-electron chi connectivity index (χ4n) is 3.09. The molecular weight excluding hydrogens is 358 g/mol. The molecule has 0 amide bonds. The molecular formula is C16H14BrN5O. The van der Waals surface area contributed by atoms with Crippen LogP contribution in [0.25, 0.3) is 17.1 Å². The van der Waals surface area contributed by atoms with Crippen LogP contribution in [0.4, 0.5) is 0 Å². The molecule has 0 atom stereocenters. The normalized spacial score (nSPS) is 17.2. The van der Waals surface area contributed by atoms with Crippen LogP contribution < -0.4 is 0 Å². The van der Waals surface area contributed by atoms with Gasteiger partial charge < -0.3 is 9.67 Å². The minimum Gasteiger partial charge on any atom is -0.382 e. The lowest BCUT2D eigenvalue weighted by Crippen LogP contribution is -2.10. The second-order valence-corrected chi connectivity index (χ2v) is 7.17. The Morgan fingerprint density at radius 3 is 2.91 bits per heavy atom. The number of halogens is 1. The predicted octanol–water partition coefficient (Wildman–Crippen LogP) is 2.54. The van der Waals surface area contributed by atoms with Crippen molar-refractivity contribution in [1.82, 2.24) is 24.3 Å². The van der Waals surface area contributed by atoms with Gasteiger partial charge in [0.15, 0.2) is 11.6 Å². The Kier molecular flexibility index (Phi) is 2.51. The van der Waals surface area contributed by atoms with Gasteiger partial charge in [0.2, 0.25) is 0 Å². The lowest BCUT2D eigenvalue weighted by atomic mass is 10.1. The summed E-state index contributed by atoms with van der Waals surface area (Å²) in [6, 6.07) is 6.11. The third-order valence-corrected chi connectivity index (χ3v) is 5.14. The molecule has 1 N–H and O–H groups in total. The molecule has 6 nitrogen and oxygen atoms in total. The lowest BCUT2D eigenvalue weighted by Gasteiger charge is -2.09. The Labute approximate surface area is 140 Å². The molecule has 0 bridgehead atoms. The van der Waals surface area contributed by atoms with E-state index in [9.17, 15) is 5.11 Å². The van der Waals surface area contributed by atoms with Crippen molar-refractivity contribution in [2.75, 3.05) is 0 Å². The van der Waals surface area contributed by atoms with E-state index in [1.54, 1.807) is 0 Å². The SMILES string of the molecule is Cc1ncn2c1Cn1nc(C3(O)CC3)nc1-c1cc(Br)ccc1-2. The summed E-state index contributed by atoms with van der Waals surface area (Å²) in [5, 5.41) is 15.0. The number of aryl methyl sites for hydroxylation is 1.